The van der Waals surface area contributed by atoms with Crippen molar-refractivity contribution in [2.45, 2.75) is 50.6 Å². The van der Waals surface area contributed by atoms with Gasteiger partial charge < -0.3 is 16.4 Å². The molecule has 4 N–H and O–H groups in total. The van der Waals surface area contributed by atoms with E-state index in [1.165, 1.54) is 64.7 Å². The van der Waals surface area contributed by atoms with Gasteiger partial charge in [-0.05, 0) is 51.9 Å². The molecule has 0 aromatic rings. The molecule has 0 aliphatic carbocycles. The number of likely N-dealkylation sites (tertiary alicyclic amines) is 2. The molecule has 0 saturated carbocycles. The fourth-order valence-corrected chi connectivity index (χ4v) is 3.34. The van der Waals surface area contributed by atoms with Crippen LogP contribution in [0.2, 0.25) is 0 Å². The number of nitrogens with two attached hydrogens (primary N) is 2. The normalized spacial score (nSPS) is 27.0. The van der Waals surface area contributed by atoms with Crippen molar-refractivity contribution in [3.05, 3.63) is 0 Å². The molecular weight excluding hydrogens is 224 g/mol. The average Bonchev–Trinajstić information content (AvgIpc) is 2.46. The number of piperidine rings is 2. The third kappa shape index (κ3) is 3.92. The van der Waals surface area contributed by atoms with Gasteiger partial charge in [-0.15, -0.1) is 0 Å². The van der Waals surface area contributed by atoms with Gasteiger partial charge in [0.2, 0.25) is 0 Å². The first-order chi connectivity index (χ1) is 8.81. The Labute approximate surface area is 112 Å². The van der Waals surface area contributed by atoms with Gasteiger partial charge in [-0.3, -0.25) is 4.90 Å². The average molecular weight is 254 g/mol. The molecule has 2 unspecified atom stereocenters. The van der Waals surface area contributed by atoms with E-state index < -0.39 is 0 Å². The highest BCUT2D eigenvalue weighted by Crippen LogP contribution is 2.17. The fourth-order valence-electron chi connectivity index (χ4n) is 3.34. The van der Waals surface area contributed by atoms with Gasteiger partial charge in [-0.1, -0.05) is 12.8 Å². The predicted molar refractivity (Wildman–Crippen MR) is 76.5 cm³/mol. The Morgan fingerprint density at radius 1 is 0.833 bits per heavy atom. The summed E-state index contributed by atoms with van der Waals surface area (Å²) in [5.74, 6) is 0. The van der Waals surface area contributed by atoms with E-state index in [2.05, 4.69) is 9.80 Å². The molecule has 2 fully saturated rings. The molecule has 0 radical (unpaired) electrons. The molecule has 2 aliphatic heterocycles. The molecule has 0 aromatic carbocycles. The molecule has 0 aromatic heterocycles. The molecule has 0 amide bonds. The van der Waals surface area contributed by atoms with Gasteiger partial charge in [0.15, 0.2) is 0 Å². The van der Waals surface area contributed by atoms with Crippen molar-refractivity contribution < 1.29 is 0 Å². The molecule has 106 valence electrons. The molecule has 2 saturated heterocycles. The molecule has 0 spiro atoms. The Bertz CT molecular complexity index is 222. The minimum atomic E-state index is 0.130. The zero-order valence-electron chi connectivity index (χ0n) is 11.7. The lowest BCUT2D eigenvalue weighted by molar-refractivity contribution is 0.0937. The summed E-state index contributed by atoms with van der Waals surface area (Å²) in [4.78, 5) is 5.19. The van der Waals surface area contributed by atoms with Gasteiger partial charge in [0.1, 0.15) is 0 Å². The van der Waals surface area contributed by atoms with E-state index in [-0.39, 0.29) is 6.04 Å². The third-order valence-corrected chi connectivity index (χ3v) is 4.52. The second kappa shape index (κ2) is 7.43. The molecule has 18 heavy (non-hydrogen) atoms. The highest BCUT2D eigenvalue weighted by atomic mass is 15.2. The maximum Gasteiger partial charge on any atom is 0.0386 e. The van der Waals surface area contributed by atoms with Crippen LogP contribution >= 0.6 is 0 Å². The Kier molecular flexibility index (Phi) is 5.89. The lowest BCUT2D eigenvalue weighted by Crippen LogP contribution is -2.57. The number of hydrogen-bond donors (Lipinski definition) is 2. The van der Waals surface area contributed by atoms with E-state index in [9.17, 15) is 0 Å². The second-order valence-corrected chi connectivity index (χ2v) is 5.92. The summed E-state index contributed by atoms with van der Waals surface area (Å²) in [6.07, 6.45) is 8.13. The second-order valence-electron chi connectivity index (χ2n) is 5.92. The zero-order valence-corrected chi connectivity index (χ0v) is 11.7. The first kappa shape index (κ1) is 14.3. The van der Waals surface area contributed by atoms with Crippen molar-refractivity contribution in [1.29, 1.82) is 0 Å². The van der Waals surface area contributed by atoms with Crippen LogP contribution in [-0.2, 0) is 0 Å². The first-order valence-electron chi connectivity index (χ1n) is 7.73. The van der Waals surface area contributed by atoms with Crippen molar-refractivity contribution in [3.63, 3.8) is 0 Å². The Morgan fingerprint density at radius 3 is 1.94 bits per heavy atom. The maximum atomic E-state index is 6.27. The van der Waals surface area contributed by atoms with Crippen LogP contribution in [0.5, 0.6) is 0 Å². The summed E-state index contributed by atoms with van der Waals surface area (Å²) in [7, 11) is 0. The van der Waals surface area contributed by atoms with Crippen molar-refractivity contribution in [2.24, 2.45) is 11.5 Å². The summed E-state index contributed by atoms with van der Waals surface area (Å²) in [6.45, 7) is 6.66. The highest BCUT2D eigenvalue weighted by Gasteiger charge is 2.27. The van der Waals surface area contributed by atoms with E-state index in [1.807, 2.05) is 0 Å². The van der Waals surface area contributed by atoms with Crippen LogP contribution in [0.25, 0.3) is 0 Å². The smallest absolute Gasteiger partial charge is 0.0386 e. The van der Waals surface area contributed by atoms with Gasteiger partial charge in [-0.25, -0.2) is 0 Å². The standard InChI is InChI=1S/C14H30N4/c15-11-13(16)14(18-9-5-2-6-10-18)12-17-7-3-1-4-8-17/h13-14H,1-12,15-16H2. The van der Waals surface area contributed by atoms with Crippen LogP contribution in [0.4, 0.5) is 0 Å². The van der Waals surface area contributed by atoms with Crippen LogP contribution < -0.4 is 11.5 Å². The van der Waals surface area contributed by atoms with E-state index in [1.54, 1.807) is 0 Å². The third-order valence-electron chi connectivity index (χ3n) is 4.52. The van der Waals surface area contributed by atoms with Gasteiger partial charge in [0, 0.05) is 25.2 Å². The summed E-state index contributed by atoms with van der Waals surface area (Å²) in [5.41, 5.74) is 12.1. The molecular formula is C14H30N4. The summed E-state index contributed by atoms with van der Waals surface area (Å²) >= 11 is 0. The quantitative estimate of drug-likeness (QED) is 0.755. The summed E-state index contributed by atoms with van der Waals surface area (Å²) in [6, 6.07) is 0.596. The minimum Gasteiger partial charge on any atom is -0.329 e. The van der Waals surface area contributed by atoms with Gasteiger partial charge in [0.05, 0.1) is 0 Å². The molecule has 4 nitrogen and oxygen atoms in total. The van der Waals surface area contributed by atoms with E-state index in [4.69, 9.17) is 11.5 Å². The van der Waals surface area contributed by atoms with Gasteiger partial charge in [0.25, 0.3) is 0 Å². The Morgan fingerprint density at radius 2 is 1.39 bits per heavy atom. The van der Waals surface area contributed by atoms with Crippen LogP contribution in [0.1, 0.15) is 38.5 Å². The number of nitrogens with zero attached hydrogens (tertiary/aromatic N) is 2. The van der Waals surface area contributed by atoms with Crippen LogP contribution in [-0.4, -0.2) is 61.2 Å². The van der Waals surface area contributed by atoms with E-state index in [0.29, 0.717) is 12.6 Å². The number of rotatable bonds is 5. The van der Waals surface area contributed by atoms with Gasteiger partial charge in [-0.2, -0.15) is 0 Å². The van der Waals surface area contributed by atoms with E-state index in [0.717, 1.165) is 6.54 Å². The molecule has 2 aliphatic rings. The van der Waals surface area contributed by atoms with E-state index >= 15 is 0 Å². The van der Waals surface area contributed by atoms with Gasteiger partial charge >= 0.3 is 0 Å². The maximum absolute atomic E-state index is 6.27. The summed E-state index contributed by atoms with van der Waals surface area (Å²) < 4.78 is 0. The first-order valence-corrected chi connectivity index (χ1v) is 7.73. The number of hydrogen-bond acceptors (Lipinski definition) is 4. The predicted octanol–water partition coefficient (Wildman–Crippen LogP) is 0.613. The van der Waals surface area contributed by atoms with Crippen molar-refractivity contribution in [1.82, 2.24) is 9.80 Å². The molecule has 2 rings (SSSR count). The zero-order chi connectivity index (χ0) is 12.8. The monoisotopic (exact) mass is 254 g/mol. The minimum absolute atomic E-state index is 0.130. The van der Waals surface area contributed by atoms with Crippen LogP contribution in [0.15, 0.2) is 0 Å². The molecule has 0 bridgehead atoms. The Balaban J connectivity index is 1.90. The Hall–Kier alpha value is -0.160. The van der Waals surface area contributed by atoms with Crippen LogP contribution in [0.3, 0.4) is 0 Å². The molecule has 2 heterocycles. The van der Waals surface area contributed by atoms with Crippen molar-refractivity contribution >= 4 is 0 Å². The van der Waals surface area contributed by atoms with Crippen molar-refractivity contribution in [2.75, 3.05) is 39.3 Å². The fraction of sp³-hybridized carbons (Fsp3) is 1.00. The topological polar surface area (TPSA) is 58.5 Å². The molecule has 4 heteroatoms. The lowest BCUT2D eigenvalue weighted by atomic mass is 10.0. The van der Waals surface area contributed by atoms with Crippen LogP contribution in [0, 0.1) is 0 Å². The SMILES string of the molecule is NCC(N)C(CN1CCCCC1)N1CCCCC1. The van der Waals surface area contributed by atoms with Crippen molar-refractivity contribution in [3.8, 4) is 0 Å². The highest BCUT2D eigenvalue weighted by molar-refractivity contribution is 4.87. The molecule has 2 atom stereocenters. The lowest BCUT2D eigenvalue weighted by Gasteiger charge is -2.41. The summed E-state index contributed by atoms with van der Waals surface area (Å²) in [5, 5.41) is 0. The largest absolute Gasteiger partial charge is 0.329 e.